The first-order valence-corrected chi connectivity index (χ1v) is 13.3. The van der Waals surface area contributed by atoms with E-state index in [1.165, 1.54) is 38.5 Å². The molecule has 6 nitrogen and oxygen atoms in total. The normalized spacial score (nSPS) is 37.4. The quantitative estimate of drug-likeness (QED) is 0.781. The van der Waals surface area contributed by atoms with Gasteiger partial charge in [0, 0.05) is 25.2 Å². The number of piperidine rings is 1. The molecule has 5 fully saturated rings. The zero-order valence-electron chi connectivity index (χ0n) is 17.9. The summed E-state index contributed by atoms with van der Waals surface area (Å²) in [5, 5.41) is 3.33. The first kappa shape index (κ1) is 19.8. The minimum atomic E-state index is -3.63. The third kappa shape index (κ3) is 3.40. The minimum Gasteiger partial charge on any atom is -0.355 e. The van der Waals surface area contributed by atoms with Gasteiger partial charge in [0.25, 0.3) is 10.0 Å². The monoisotopic (exact) mass is 441 g/mol. The first-order valence-electron chi connectivity index (χ1n) is 11.9. The maximum Gasteiger partial charge on any atom is 0.285 e. The molecule has 7 rings (SSSR count). The van der Waals surface area contributed by atoms with Crippen LogP contribution in [0.5, 0.6) is 0 Å². The Kier molecular flexibility index (Phi) is 4.50. The van der Waals surface area contributed by atoms with Crippen LogP contribution >= 0.6 is 0 Å². The fourth-order valence-electron chi connectivity index (χ4n) is 7.63. The number of amides is 1. The van der Waals surface area contributed by atoms with E-state index < -0.39 is 10.0 Å². The number of hydrogen-bond acceptors (Lipinski definition) is 4. The average molecular weight is 442 g/mol. The van der Waals surface area contributed by atoms with Gasteiger partial charge < -0.3 is 10.2 Å². The van der Waals surface area contributed by atoms with Gasteiger partial charge >= 0.3 is 0 Å². The molecule has 166 valence electrons. The smallest absolute Gasteiger partial charge is 0.285 e. The van der Waals surface area contributed by atoms with Crippen LogP contribution in [0.3, 0.4) is 0 Å². The van der Waals surface area contributed by atoms with Crippen LogP contribution < -0.4 is 5.32 Å². The lowest BCUT2D eigenvalue weighted by Crippen LogP contribution is -2.52. The molecule has 1 saturated heterocycles. The van der Waals surface area contributed by atoms with Crippen molar-refractivity contribution in [1.29, 1.82) is 0 Å². The number of carbonyl (C=O) groups is 1. The van der Waals surface area contributed by atoms with Gasteiger partial charge in [-0.3, -0.25) is 4.79 Å². The fraction of sp³-hybridized carbons (Fsp3) is 0.667. The van der Waals surface area contributed by atoms with Crippen molar-refractivity contribution in [3.63, 3.8) is 0 Å². The lowest BCUT2D eigenvalue weighted by atomic mass is 9.49. The van der Waals surface area contributed by atoms with Crippen molar-refractivity contribution >= 4 is 21.8 Å². The molecule has 4 bridgehead atoms. The van der Waals surface area contributed by atoms with Gasteiger partial charge in [0.05, 0.1) is 5.92 Å². The Bertz CT molecular complexity index is 1010. The molecule has 4 saturated carbocycles. The van der Waals surface area contributed by atoms with Gasteiger partial charge in [-0.15, -0.1) is 4.40 Å². The number of carbonyl (C=O) groups excluding carboxylic acids is 1. The molecule has 7 heteroatoms. The predicted octanol–water partition coefficient (Wildman–Crippen LogP) is 3.18. The van der Waals surface area contributed by atoms with Crippen molar-refractivity contribution in [2.75, 3.05) is 19.6 Å². The van der Waals surface area contributed by atoms with Gasteiger partial charge in [0.2, 0.25) is 5.91 Å². The van der Waals surface area contributed by atoms with Crippen molar-refractivity contribution in [3.8, 4) is 0 Å². The molecule has 0 aromatic heterocycles. The highest BCUT2D eigenvalue weighted by Crippen LogP contribution is 2.59. The largest absolute Gasteiger partial charge is 0.355 e. The fourth-order valence-corrected chi connectivity index (χ4v) is 8.85. The zero-order valence-corrected chi connectivity index (χ0v) is 18.7. The SMILES string of the molecule is O=C(NCC12CC3CC(CC(C3)C1)C2)C1CCCN(C2=NS(=O)(=O)c3ccccc32)C1. The Morgan fingerprint density at radius 3 is 2.48 bits per heavy atom. The molecule has 1 aromatic carbocycles. The molecule has 6 aliphatic rings. The molecule has 4 aliphatic carbocycles. The molecule has 0 spiro atoms. The number of hydrogen-bond donors (Lipinski definition) is 1. The summed E-state index contributed by atoms with van der Waals surface area (Å²) in [5.41, 5.74) is 0.999. The second-order valence-corrected chi connectivity index (χ2v) is 12.4. The number of likely N-dealkylation sites (tertiary alicyclic amines) is 1. The van der Waals surface area contributed by atoms with Crippen LogP contribution in [0.25, 0.3) is 0 Å². The number of amidine groups is 1. The van der Waals surface area contributed by atoms with Crippen molar-refractivity contribution in [3.05, 3.63) is 29.8 Å². The molecule has 2 heterocycles. The number of fused-ring (bicyclic) bond motifs is 1. The molecular formula is C24H31N3O3S. The molecule has 2 aliphatic heterocycles. The van der Waals surface area contributed by atoms with Crippen molar-refractivity contribution in [1.82, 2.24) is 10.2 Å². The Balaban J connectivity index is 1.13. The average Bonchev–Trinajstić information content (AvgIpc) is 3.03. The number of rotatable bonds is 3. The van der Waals surface area contributed by atoms with Crippen LogP contribution in [0.2, 0.25) is 0 Å². The van der Waals surface area contributed by atoms with E-state index in [0.29, 0.717) is 23.4 Å². The molecule has 0 radical (unpaired) electrons. The van der Waals surface area contributed by atoms with Gasteiger partial charge in [0.15, 0.2) is 5.84 Å². The zero-order chi connectivity index (χ0) is 21.2. The Hall–Kier alpha value is -1.89. The second kappa shape index (κ2) is 7.06. The highest BCUT2D eigenvalue weighted by atomic mass is 32.2. The van der Waals surface area contributed by atoms with Crippen LogP contribution in [-0.4, -0.2) is 44.7 Å². The number of sulfonamides is 1. The second-order valence-electron chi connectivity index (χ2n) is 10.8. The van der Waals surface area contributed by atoms with Gasteiger partial charge in [-0.05, 0) is 86.7 Å². The summed E-state index contributed by atoms with van der Waals surface area (Å²) in [5.74, 6) is 3.19. The van der Waals surface area contributed by atoms with E-state index in [9.17, 15) is 13.2 Å². The van der Waals surface area contributed by atoms with E-state index >= 15 is 0 Å². The summed E-state index contributed by atoms with van der Waals surface area (Å²) in [6.07, 6.45) is 9.85. The van der Waals surface area contributed by atoms with Crippen LogP contribution in [0.4, 0.5) is 0 Å². The number of nitrogens with one attached hydrogen (secondary N) is 1. The van der Waals surface area contributed by atoms with E-state index in [2.05, 4.69) is 9.71 Å². The number of benzene rings is 1. The molecule has 1 aromatic rings. The molecule has 1 unspecified atom stereocenters. The van der Waals surface area contributed by atoms with E-state index in [1.54, 1.807) is 12.1 Å². The highest BCUT2D eigenvalue weighted by Gasteiger charge is 2.51. The van der Waals surface area contributed by atoms with Gasteiger partial charge in [-0.1, -0.05) is 12.1 Å². The third-order valence-electron chi connectivity index (χ3n) is 8.51. The maximum absolute atomic E-state index is 13.1. The van der Waals surface area contributed by atoms with Crippen LogP contribution in [-0.2, 0) is 14.8 Å². The lowest BCUT2D eigenvalue weighted by molar-refractivity contribution is -0.128. The van der Waals surface area contributed by atoms with E-state index in [0.717, 1.165) is 43.7 Å². The van der Waals surface area contributed by atoms with Crippen LogP contribution in [0, 0.1) is 29.1 Å². The first-order chi connectivity index (χ1) is 14.9. The predicted molar refractivity (Wildman–Crippen MR) is 118 cm³/mol. The number of nitrogens with zero attached hydrogens (tertiary/aromatic N) is 2. The molecule has 1 atom stereocenters. The van der Waals surface area contributed by atoms with Gasteiger partial charge in [-0.2, -0.15) is 8.42 Å². The summed E-state index contributed by atoms with van der Waals surface area (Å²) in [4.78, 5) is 15.4. The molecule has 1 N–H and O–H groups in total. The minimum absolute atomic E-state index is 0.110. The Morgan fingerprint density at radius 1 is 1.10 bits per heavy atom. The van der Waals surface area contributed by atoms with Crippen LogP contribution in [0.15, 0.2) is 33.6 Å². The molecular weight excluding hydrogens is 410 g/mol. The van der Waals surface area contributed by atoms with E-state index in [-0.39, 0.29) is 16.7 Å². The van der Waals surface area contributed by atoms with E-state index in [4.69, 9.17) is 0 Å². The summed E-state index contributed by atoms with van der Waals surface area (Å²) in [6, 6.07) is 7.00. The van der Waals surface area contributed by atoms with Crippen molar-refractivity contribution in [2.45, 2.75) is 56.3 Å². The lowest BCUT2D eigenvalue weighted by Gasteiger charge is -2.57. The topological polar surface area (TPSA) is 78.8 Å². The molecule has 31 heavy (non-hydrogen) atoms. The van der Waals surface area contributed by atoms with E-state index in [1.807, 2.05) is 17.0 Å². The van der Waals surface area contributed by atoms with Gasteiger partial charge in [-0.25, -0.2) is 0 Å². The summed E-state index contributed by atoms with van der Waals surface area (Å²) in [6.45, 7) is 2.10. The Labute approximate surface area is 184 Å². The third-order valence-corrected chi connectivity index (χ3v) is 9.83. The van der Waals surface area contributed by atoms with Gasteiger partial charge in [0.1, 0.15) is 4.90 Å². The standard InChI is InChI=1S/C24H31N3O3S/c28-23(25-15-24-11-16-8-17(12-24)10-18(9-16)13-24)19-4-3-7-27(14-19)22-20-5-1-2-6-21(20)31(29,30)26-22/h1-2,5-6,16-19H,3-4,7-15H2,(H,25,28). The van der Waals surface area contributed by atoms with Crippen molar-refractivity contribution < 1.29 is 13.2 Å². The Morgan fingerprint density at radius 2 is 1.77 bits per heavy atom. The van der Waals surface area contributed by atoms with Crippen molar-refractivity contribution in [2.24, 2.45) is 33.5 Å². The highest BCUT2D eigenvalue weighted by molar-refractivity contribution is 7.90. The summed E-state index contributed by atoms with van der Waals surface area (Å²) in [7, 11) is -3.63. The summed E-state index contributed by atoms with van der Waals surface area (Å²) < 4.78 is 28.9. The maximum atomic E-state index is 13.1. The molecule has 1 amide bonds. The summed E-state index contributed by atoms with van der Waals surface area (Å²) >= 11 is 0. The van der Waals surface area contributed by atoms with Crippen LogP contribution in [0.1, 0.15) is 56.9 Å².